The highest BCUT2D eigenvalue weighted by molar-refractivity contribution is 5.85. The largest absolute Gasteiger partial charge is 0.466 e. The van der Waals surface area contributed by atoms with E-state index in [1.165, 1.54) is 12.8 Å². The number of rotatable bonds is 4. The van der Waals surface area contributed by atoms with Gasteiger partial charge in [-0.15, -0.1) is 12.4 Å². The van der Waals surface area contributed by atoms with Gasteiger partial charge < -0.3 is 9.47 Å². The summed E-state index contributed by atoms with van der Waals surface area (Å²) in [6.45, 7) is 5.86. The van der Waals surface area contributed by atoms with Crippen molar-refractivity contribution in [3.8, 4) is 0 Å². The minimum atomic E-state index is -0.0408. The van der Waals surface area contributed by atoms with E-state index in [-0.39, 0.29) is 23.9 Å². The van der Waals surface area contributed by atoms with E-state index < -0.39 is 0 Å². The zero-order valence-electron chi connectivity index (χ0n) is 11.2. The van der Waals surface area contributed by atoms with E-state index in [9.17, 15) is 4.79 Å². The third kappa shape index (κ3) is 3.59. The van der Waals surface area contributed by atoms with E-state index in [4.69, 9.17) is 9.47 Å². The van der Waals surface area contributed by atoms with Crippen LogP contribution in [0.15, 0.2) is 0 Å². The number of hydrogen-bond donors (Lipinski definition) is 0. The predicted octanol–water partition coefficient (Wildman–Crippen LogP) is 2.01. The van der Waals surface area contributed by atoms with Gasteiger partial charge >= 0.3 is 5.97 Å². The van der Waals surface area contributed by atoms with Crippen molar-refractivity contribution >= 4 is 18.4 Å². The summed E-state index contributed by atoms with van der Waals surface area (Å²) in [7, 11) is 0. The molecule has 5 heteroatoms. The van der Waals surface area contributed by atoms with Crippen LogP contribution in [0.5, 0.6) is 0 Å². The topological polar surface area (TPSA) is 38.8 Å². The molecule has 1 heterocycles. The molecule has 1 aliphatic carbocycles. The molecule has 18 heavy (non-hydrogen) atoms. The first-order valence-electron chi connectivity index (χ1n) is 6.75. The molecule has 106 valence electrons. The number of carbonyl (C=O) groups excluding carboxylic acids is 1. The molecule has 0 radical (unpaired) electrons. The van der Waals surface area contributed by atoms with Crippen LogP contribution in [0, 0.1) is 0 Å². The van der Waals surface area contributed by atoms with E-state index in [1.54, 1.807) is 0 Å². The average Bonchev–Trinajstić information content (AvgIpc) is 2.80. The second-order valence-electron chi connectivity index (χ2n) is 5.01. The summed E-state index contributed by atoms with van der Waals surface area (Å²) in [4.78, 5) is 14.2. The van der Waals surface area contributed by atoms with E-state index in [0.717, 1.165) is 39.1 Å². The first kappa shape index (κ1) is 15.7. The molecule has 0 aromatic rings. The Morgan fingerprint density at radius 1 is 1.28 bits per heavy atom. The molecule has 2 aliphatic rings. The van der Waals surface area contributed by atoms with Gasteiger partial charge in [0.1, 0.15) is 0 Å². The molecule has 0 atom stereocenters. The normalized spacial score (nSPS) is 23.4. The molecule has 2 fully saturated rings. The van der Waals surface area contributed by atoms with Crippen LogP contribution in [0.1, 0.15) is 39.0 Å². The van der Waals surface area contributed by atoms with Crippen LogP contribution in [0.3, 0.4) is 0 Å². The van der Waals surface area contributed by atoms with Gasteiger partial charge in [-0.1, -0.05) is 12.8 Å². The van der Waals surface area contributed by atoms with Crippen molar-refractivity contribution in [1.82, 2.24) is 4.90 Å². The van der Waals surface area contributed by atoms with Gasteiger partial charge in [-0.3, -0.25) is 9.69 Å². The fourth-order valence-electron chi connectivity index (χ4n) is 3.16. The minimum Gasteiger partial charge on any atom is -0.466 e. The molecule has 1 aliphatic heterocycles. The van der Waals surface area contributed by atoms with Gasteiger partial charge in [0.2, 0.25) is 0 Å². The Morgan fingerprint density at radius 3 is 2.44 bits per heavy atom. The maximum absolute atomic E-state index is 11.8. The number of nitrogens with zero attached hydrogens (tertiary/aromatic N) is 1. The lowest BCUT2D eigenvalue weighted by Gasteiger charge is -2.42. The van der Waals surface area contributed by atoms with E-state index in [2.05, 4.69) is 4.90 Å². The van der Waals surface area contributed by atoms with Crippen molar-refractivity contribution in [1.29, 1.82) is 0 Å². The van der Waals surface area contributed by atoms with Gasteiger partial charge in [0, 0.05) is 18.6 Å². The van der Waals surface area contributed by atoms with Crippen LogP contribution in [0.2, 0.25) is 0 Å². The summed E-state index contributed by atoms with van der Waals surface area (Å²) in [5.74, 6) is -0.0408. The zero-order chi connectivity index (χ0) is 12.1. The lowest BCUT2D eigenvalue weighted by atomic mass is 9.90. The quantitative estimate of drug-likeness (QED) is 0.737. The Labute approximate surface area is 115 Å². The Bertz CT molecular complexity index is 261. The summed E-state index contributed by atoms with van der Waals surface area (Å²) in [6.07, 6.45) is 5.28. The Balaban J connectivity index is 0.00000162. The number of halogens is 1. The zero-order valence-corrected chi connectivity index (χ0v) is 12.0. The summed E-state index contributed by atoms with van der Waals surface area (Å²) in [5, 5.41) is 0. The molecule has 0 spiro atoms. The molecule has 2 rings (SSSR count). The summed E-state index contributed by atoms with van der Waals surface area (Å²) >= 11 is 0. The number of carbonyl (C=O) groups is 1. The van der Waals surface area contributed by atoms with Gasteiger partial charge in [0.15, 0.2) is 0 Å². The molecular weight excluding hydrogens is 254 g/mol. The lowest BCUT2D eigenvalue weighted by molar-refractivity contribution is -0.147. The fraction of sp³-hybridized carbons (Fsp3) is 0.923. The Morgan fingerprint density at radius 2 is 1.89 bits per heavy atom. The Hall–Kier alpha value is -0.320. The average molecular weight is 278 g/mol. The molecule has 1 saturated carbocycles. The minimum absolute atomic E-state index is 0. The van der Waals surface area contributed by atoms with Crippen molar-refractivity contribution in [2.45, 2.75) is 44.6 Å². The van der Waals surface area contributed by atoms with Crippen LogP contribution >= 0.6 is 12.4 Å². The smallest absolute Gasteiger partial charge is 0.307 e. The molecule has 1 saturated heterocycles. The standard InChI is InChI=1S/C13H23NO3.ClH/c1-2-17-12(15)11-13(5-3-4-6-13)14-7-9-16-10-8-14;/h2-11H2,1H3;1H. The van der Waals surface area contributed by atoms with Gasteiger partial charge in [0.25, 0.3) is 0 Å². The number of ether oxygens (including phenoxy) is 2. The molecule has 4 nitrogen and oxygen atoms in total. The van der Waals surface area contributed by atoms with Crippen molar-refractivity contribution in [2.75, 3.05) is 32.9 Å². The monoisotopic (exact) mass is 277 g/mol. The second-order valence-corrected chi connectivity index (χ2v) is 5.01. The SMILES string of the molecule is CCOC(=O)CC1(N2CCOCC2)CCCC1.Cl. The number of morpholine rings is 1. The van der Waals surface area contributed by atoms with Gasteiger partial charge in [-0.05, 0) is 19.8 Å². The lowest BCUT2D eigenvalue weighted by Crippen LogP contribution is -2.53. The van der Waals surface area contributed by atoms with Gasteiger partial charge in [0.05, 0.1) is 26.2 Å². The highest BCUT2D eigenvalue weighted by Gasteiger charge is 2.42. The number of esters is 1. The number of hydrogen-bond acceptors (Lipinski definition) is 4. The third-order valence-corrected chi connectivity index (χ3v) is 3.99. The van der Waals surface area contributed by atoms with Crippen LogP contribution in [-0.2, 0) is 14.3 Å². The highest BCUT2D eigenvalue weighted by Crippen LogP contribution is 2.38. The fourth-order valence-corrected chi connectivity index (χ4v) is 3.16. The molecule has 0 N–H and O–H groups in total. The molecular formula is C13H24ClNO3. The first-order valence-corrected chi connectivity index (χ1v) is 6.75. The predicted molar refractivity (Wildman–Crippen MR) is 72.1 cm³/mol. The molecule has 0 amide bonds. The van der Waals surface area contributed by atoms with Crippen molar-refractivity contribution in [3.05, 3.63) is 0 Å². The van der Waals surface area contributed by atoms with Crippen molar-refractivity contribution in [2.24, 2.45) is 0 Å². The van der Waals surface area contributed by atoms with Crippen LogP contribution in [0.25, 0.3) is 0 Å². The van der Waals surface area contributed by atoms with Crippen LogP contribution in [0.4, 0.5) is 0 Å². The maximum Gasteiger partial charge on any atom is 0.307 e. The summed E-state index contributed by atoms with van der Waals surface area (Å²) in [5.41, 5.74) is 0.0655. The second kappa shape index (κ2) is 7.31. The summed E-state index contributed by atoms with van der Waals surface area (Å²) < 4.78 is 10.5. The molecule has 0 unspecified atom stereocenters. The highest BCUT2D eigenvalue weighted by atomic mass is 35.5. The molecule has 0 aromatic carbocycles. The van der Waals surface area contributed by atoms with Crippen LogP contribution in [-0.4, -0.2) is 49.3 Å². The van der Waals surface area contributed by atoms with Gasteiger partial charge in [-0.25, -0.2) is 0 Å². The van der Waals surface area contributed by atoms with E-state index in [0.29, 0.717) is 13.0 Å². The molecule has 0 bridgehead atoms. The molecule has 0 aromatic heterocycles. The summed E-state index contributed by atoms with van der Waals surface area (Å²) in [6, 6.07) is 0. The Kier molecular flexibility index (Phi) is 6.39. The van der Waals surface area contributed by atoms with Crippen molar-refractivity contribution in [3.63, 3.8) is 0 Å². The third-order valence-electron chi connectivity index (χ3n) is 3.99. The maximum atomic E-state index is 11.8. The first-order chi connectivity index (χ1) is 8.27. The van der Waals surface area contributed by atoms with Crippen molar-refractivity contribution < 1.29 is 14.3 Å². The van der Waals surface area contributed by atoms with Gasteiger partial charge in [-0.2, -0.15) is 0 Å². The van der Waals surface area contributed by atoms with E-state index >= 15 is 0 Å². The van der Waals surface area contributed by atoms with Crippen LogP contribution < -0.4 is 0 Å². The van der Waals surface area contributed by atoms with E-state index in [1.807, 2.05) is 6.92 Å².